The van der Waals surface area contributed by atoms with E-state index in [1.165, 1.54) is 0 Å². The fourth-order valence-corrected chi connectivity index (χ4v) is 1.11. The SMILES string of the molecule is O=C(CC(F)CCl)c1ccccc1. The summed E-state index contributed by atoms with van der Waals surface area (Å²) in [6.45, 7) is 0. The molecule has 0 amide bonds. The van der Waals surface area contributed by atoms with E-state index < -0.39 is 6.17 Å². The van der Waals surface area contributed by atoms with E-state index in [1.54, 1.807) is 24.3 Å². The molecule has 0 bridgehead atoms. The van der Waals surface area contributed by atoms with E-state index in [0.29, 0.717) is 5.56 Å². The van der Waals surface area contributed by atoms with Gasteiger partial charge in [0.1, 0.15) is 6.17 Å². The highest BCUT2D eigenvalue weighted by Gasteiger charge is 2.12. The number of carbonyl (C=O) groups is 1. The molecule has 0 saturated heterocycles. The second kappa shape index (κ2) is 4.97. The minimum atomic E-state index is -1.24. The monoisotopic (exact) mass is 200 g/mol. The molecule has 0 spiro atoms. The van der Waals surface area contributed by atoms with E-state index >= 15 is 0 Å². The van der Waals surface area contributed by atoms with Crippen LogP contribution in [-0.4, -0.2) is 17.8 Å². The zero-order valence-corrected chi connectivity index (χ0v) is 7.80. The fraction of sp³-hybridized carbons (Fsp3) is 0.300. The van der Waals surface area contributed by atoms with Crippen molar-refractivity contribution in [3.05, 3.63) is 35.9 Å². The van der Waals surface area contributed by atoms with Crippen LogP contribution in [0.15, 0.2) is 30.3 Å². The summed E-state index contributed by atoms with van der Waals surface area (Å²) in [4.78, 5) is 11.3. The number of halogens is 2. The summed E-state index contributed by atoms with van der Waals surface area (Å²) in [5, 5.41) is 0. The Kier molecular flexibility index (Phi) is 3.90. The Hall–Kier alpha value is -0.890. The van der Waals surface area contributed by atoms with Gasteiger partial charge in [0.15, 0.2) is 5.78 Å². The Balaban J connectivity index is 2.59. The van der Waals surface area contributed by atoms with Gasteiger partial charge in [-0.05, 0) is 0 Å². The van der Waals surface area contributed by atoms with Crippen LogP contribution in [0.2, 0.25) is 0 Å². The smallest absolute Gasteiger partial charge is 0.165 e. The number of rotatable bonds is 4. The van der Waals surface area contributed by atoms with Gasteiger partial charge < -0.3 is 0 Å². The third-order valence-corrected chi connectivity index (χ3v) is 2.00. The summed E-state index contributed by atoms with van der Waals surface area (Å²) in [6, 6.07) is 8.65. The zero-order chi connectivity index (χ0) is 9.68. The summed E-state index contributed by atoms with van der Waals surface area (Å²) in [7, 11) is 0. The molecule has 70 valence electrons. The second-order valence-electron chi connectivity index (χ2n) is 2.74. The van der Waals surface area contributed by atoms with Gasteiger partial charge in [0.2, 0.25) is 0 Å². The summed E-state index contributed by atoms with van der Waals surface area (Å²) in [6.07, 6.45) is -1.37. The predicted molar refractivity (Wildman–Crippen MR) is 51.0 cm³/mol. The van der Waals surface area contributed by atoms with Crippen molar-refractivity contribution in [3.63, 3.8) is 0 Å². The standard InChI is InChI=1S/C10H10ClFO/c11-7-9(12)6-10(13)8-4-2-1-3-5-8/h1-5,9H,6-7H2. The lowest BCUT2D eigenvalue weighted by molar-refractivity contribution is 0.0954. The molecule has 0 fully saturated rings. The topological polar surface area (TPSA) is 17.1 Å². The molecule has 0 radical (unpaired) electrons. The third kappa shape index (κ3) is 3.15. The van der Waals surface area contributed by atoms with Crippen molar-refractivity contribution in [1.29, 1.82) is 0 Å². The number of hydrogen-bond donors (Lipinski definition) is 0. The first-order valence-electron chi connectivity index (χ1n) is 4.02. The lowest BCUT2D eigenvalue weighted by Crippen LogP contribution is -2.10. The average Bonchev–Trinajstić information content (AvgIpc) is 2.19. The van der Waals surface area contributed by atoms with Crippen molar-refractivity contribution < 1.29 is 9.18 Å². The van der Waals surface area contributed by atoms with Crippen molar-refractivity contribution in [3.8, 4) is 0 Å². The molecule has 1 aromatic carbocycles. The number of benzene rings is 1. The average molecular weight is 201 g/mol. The van der Waals surface area contributed by atoms with Crippen molar-refractivity contribution in [2.24, 2.45) is 0 Å². The summed E-state index contributed by atoms with van der Waals surface area (Å²) in [5.41, 5.74) is 0.537. The minimum Gasteiger partial charge on any atom is -0.294 e. The summed E-state index contributed by atoms with van der Waals surface area (Å²) in [5.74, 6) is -0.327. The first kappa shape index (κ1) is 10.2. The van der Waals surface area contributed by atoms with Gasteiger partial charge in [0.05, 0.1) is 5.88 Å². The fourth-order valence-electron chi connectivity index (χ4n) is 0.998. The molecule has 0 heterocycles. The van der Waals surface area contributed by atoms with Crippen molar-refractivity contribution in [2.45, 2.75) is 12.6 Å². The molecule has 0 N–H and O–H groups in total. The van der Waals surface area contributed by atoms with Gasteiger partial charge in [-0.25, -0.2) is 4.39 Å². The quantitative estimate of drug-likeness (QED) is 0.540. The normalized spacial score (nSPS) is 12.5. The maximum atomic E-state index is 12.7. The van der Waals surface area contributed by atoms with E-state index in [2.05, 4.69) is 0 Å². The molecule has 0 aliphatic rings. The highest BCUT2D eigenvalue weighted by Crippen LogP contribution is 2.08. The minimum absolute atomic E-state index is 0.126. The molecule has 0 aliphatic heterocycles. The predicted octanol–water partition coefficient (Wildman–Crippen LogP) is 2.84. The van der Waals surface area contributed by atoms with Gasteiger partial charge in [-0.3, -0.25) is 4.79 Å². The van der Waals surface area contributed by atoms with Crippen LogP contribution >= 0.6 is 11.6 Å². The maximum Gasteiger partial charge on any atom is 0.165 e. The number of carbonyl (C=O) groups excluding carboxylic acids is 1. The van der Waals surface area contributed by atoms with Gasteiger partial charge >= 0.3 is 0 Å². The Bertz CT molecular complexity index is 274. The number of alkyl halides is 2. The number of Topliss-reactive ketones (excluding diaryl/α,β-unsaturated/α-hetero) is 1. The number of hydrogen-bond acceptors (Lipinski definition) is 1. The van der Waals surface area contributed by atoms with E-state index in [0.717, 1.165) is 0 Å². The molecule has 1 rings (SSSR count). The first-order valence-corrected chi connectivity index (χ1v) is 4.55. The molecule has 0 aromatic heterocycles. The lowest BCUT2D eigenvalue weighted by Gasteiger charge is -2.02. The van der Waals surface area contributed by atoms with E-state index in [9.17, 15) is 9.18 Å². The van der Waals surface area contributed by atoms with Gasteiger partial charge in [-0.1, -0.05) is 30.3 Å². The van der Waals surface area contributed by atoms with Crippen molar-refractivity contribution >= 4 is 17.4 Å². The lowest BCUT2D eigenvalue weighted by atomic mass is 10.1. The molecular formula is C10H10ClFO. The molecule has 3 heteroatoms. The van der Waals surface area contributed by atoms with Crippen molar-refractivity contribution in [1.82, 2.24) is 0 Å². The third-order valence-electron chi connectivity index (χ3n) is 1.67. The maximum absolute atomic E-state index is 12.7. The van der Waals surface area contributed by atoms with Crippen LogP contribution in [0.4, 0.5) is 4.39 Å². The largest absolute Gasteiger partial charge is 0.294 e. The van der Waals surface area contributed by atoms with Crippen LogP contribution in [0.3, 0.4) is 0 Å². The summed E-state index contributed by atoms with van der Waals surface area (Å²) >= 11 is 5.26. The van der Waals surface area contributed by atoms with E-state index in [1.807, 2.05) is 6.07 Å². The van der Waals surface area contributed by atoms with E-state index in [4.69, 9.17) is 11.6 Å². The van der Waals surface area contributed by atoms with Crippen molar-refractivity contribution in [2.75, 3.05) is 5.88 Å². The Labute approximate surface area is 81.5 Å². The van der Waals surface area contributed by atoms with Crippen LogP contribution < -0.4 is 0 Å². The van der Waals surface area contributed by atoms with Crippen LogP contribution in [0.5, 0.6) is 0 Å². The van der Waals surface area contributed by atoms with Crippen LogP contribution in [0.1, 0.15) is 16.8 Å². The molecule has 1 atom stereocenters. The summed E-state index contributed by atoms with van der Waals surface area (Å²) < 4.78 is 12.7. The van der Waals surface area contributed by atoms with Gasteiger partial charge in [0, 0.05) is 12.0 Å². The Morgan fingerprint density at radius 2 is 2.00 bits per heavy atom. The van der Waals surface area contributed by atoms with Gasteiger partial charge in [-0.15, -0.1) is 11.6 Å². The Morgan fingerprint density at radius 3 is 2.54 bits per heavy atom. The van der Waals surface area contributed by atoms with Crippen LogP contribution in [0, 0.1) is 0 Å². The second-order valence-corrected chi connectivity index (χ2v) is 3.05. The molecular weight excluding hydrogens is 191 g/mol. The zero-order valence-electron chi connectivity index (χ0n) is 7.04. The molecule has 0 aliphatic carbocycles. The highest BCUT2D eigenvalue weighted by atomic mass is 35.5. The van der Waals surface area contributed by atoms with Crippen LogP contribution in [0.25, 0.3) is 0 Å². The molecule has 0 saturated carbocycles. The number of ketones is 1. The molecule has 1 unspecified atom stereocenters. The molecule has 1 aromatic rings. The van der Waals surface area contributed by atoms with Gasteiger partial charge in [-0.2, -0.15) is 0 Å². The molecule has 13 heavy (non-hydrogen) atoms. The van der Waals surface area contributed by atoms with Gasteiger partial charge in [0.25, 0.3) is 0 Å². The Morgan fingerprint density at radius 1 is 1.38 bits per heavy atom. The van der Waals surface area contributed by atoms with E-state index in [-0.39, 0.29) is 18.1 Å². The van der Waals surface area contributed by atoms with Crippen LogP contribution in [-0.2, 0) is 0 Å². The highest BCUT2D eigenvalue weighted by molar-refractivity contribution is 6.18. The molecule has 1 nitrogen and oxygen atoms in total. The first-order chi connectivity index (χ1) is 6.24.